The number of halogens is 2. The van der Waals surface area contributed by atoms with E-state index in [0.29, 0.717) is 0 Å². The first-order valence-electron chi connectivity index (χ1n) is 11.7. The van der Waals surface area contributed by atoms with Crippen molar-refractivity contribution in [2.75, 3.05) is 4.90 Å². The Hall–Kier alpha value is -2.36. The van der Waals surface area contributed by atoms with Crippen LogP contribution in [0.1, 0.15) is 45.2 Å². The van der Waals surface area contributed by atoms with Gasteiger partial charge in [0.05, 0.1) is 5.69 Å². The van der Waals surface area contributed by atoms with Gasteiger partial charge in [0.15, 0.2) is 0 Å². The lowest BCUT2D eigenvalue weighted by Crippen LogP contribution is -2.17. The molecule has 3 heteroatoms. The van der Waals surface area contributed by atoms with Crippen LogP contribution >= 0.6 is 31.9 Å². The first-order valence-corrected chi connectivity index (χ1v) is 13.3. The van der Waals surface area contributed by atoms with Gasteiger partial charge in [-0.1, -0.05) is 96.0 Å². The molecular formula is C31H29Br2N. The van der Waals surface area contributed by atoms with Gasteiger partial charge in [0.25, 0.3) is 0 Å². The fourth-order valence-corrected chi connectivity index (χ4v) is 6.21. The summed E-state index contributed by atoms with van der Waals surface area (Å²) >= 11 is 7.18. The van der Waals surface area contributed by atoms with Gasteiger partial charge in [-0.3, -0.25) is 0 Å². The second-order valence-electron chi connectivity index (χ2n) is 10.5. The summed E-state index contributed by atoms with van der Waals surface area (Å²) in [5.74, 6) is 0. The lowest BCUT2D eigenvalue weighted by molar-refractivity contribution is 0.403. The molecule has 0 aromatic heterocycles. The third-order valence-electron chi connectivity index (χ3n) is 6.99. The zero-order valence-corrected chi connectivity index (χ0v) is 23.2. The summed E-state index contributed by atoms with van der Waals surface area (Å²) in [6.45, 7) is 9.51. The van der Waals surface area contributed by atoms with Gasteiger partial charge in [-0.2, -0.15) is 0 Å². The largest absolute Gasteiger partial charge is 0.310 e. The maximum atomic E-state index is 3.59. The van der Waals surface area contributed by atoms with Crippen LogP contribution < -0.4 is 4.90 Å². The number of hydrogen-bond acceptors (Lipinski definition) is 1. The predicted molar refractivity (Wildman–Crippen MR) is 153 cm³/mol. The third kappa shape index (κ3) is 4.25. The van der Waals surface area contributed by atoms with Crippen LogP contribution in [0.2, 0.25) is 0 Å². The monoisotopic (exact) mass is 573 g/mol. The van der Waals surface area contributed by atoms with Crippen molar-refractivity contribution in [2.24, 2.45) is 0 Å². The highest BCUT2D eigenvalue weighted by Gasteiger charge is 2.41. The van der Waals surface area contributed by atoms with Crippen molar-refractivity contribution < 1.29 is 0 Å². The zero-order valence-electron chi connectivity index (χ0n) is 20.1. The number of para-hydroxylation sites is 1. The van der Waals surface area contributed by atoms with Gasteiger partial charge in [-0.15, -0.1) is 0 Å². The second-order valence-corrected chi connectivity index (χ2v) is 12.3. The van der Waals surface area contributed by atoms with Gasteiger partial charge in [-0.05, 0) is 88.5 Å². The fourth-order valence-electron chi connectivity index (χ4n) is 5.68. The first-order chi connectivity index (χ1) is 16.2. The van der Waals surface area contributed by atoms with Crippen LogP contribution in [-0.2, 0) is 10.8 Å². The Labute approximate surface area is 220 Å². The van der Waals surface area contributed by atoms with E-state index in [9.17, 15) is 0 Å². The smallest absolute Gasteiger partial charge is 0.0540 e. The predicted octanol–water partition coefficient (Wildman–Crippen LogP) is 10.3. The van der Waals surface area contributed by atoms with Crippen LogP contribution in [0.4, 0.5) is 17.1 Å². The van der Waals surface area contributed by atoms with Crippen molar-refractivity contribution in [1.82, 2.24) is 0 Å². The van der Waals surface area contributed by atoms with Gasteiger partial charge in [0, 0.05) is 25.9 Å². The SMILES string of the molecule is CC1(C)CC(C)(C)c2cc(-c3ccccc3N(c3ccc(Br)cc3)c3ccc(Br)cc3)ccc21. The molecule has 0 heterocycles. The molecule has 34 heavy (non-hydrogen) atoms. The summed E-state index contributed by atoms with van der Waals surface area (Å²) in [6, 6.07) is 32.9. The number of hydrogen-bond donors (Lipinski definition) is 0. The molecule has 0 aliphatic heterocycles. The highest BCUT2D eigenvalue weighted by atomic mass is 79.9. The van der Waals surface area contributed by atoms with E-state index in [2.05, 4.69) is 155 Å². The van der Waals surface area contributed by atoms with Crippen molar-refractivity contribution in [1.29, 1.82) is 0 Å². The van der Waals surface area contributed by atoms with Crippen molar-refractivity contribution in [3.8, 4) is 11.1 Å². The highest BCUT2D eigenvalue weighted by Crippen LogP contribution is 2.51. The van der Waals surface area contributed by atoms with E-state index >= 15 is 0 Å². The number of rotatable bonds is 4. The topological polar surface area (TPSA) is 3.24 Å². The molecule has 0 spiro atoms. The summed E-state index contributed by atoms with van der Waals surface area (Å²) < 4.78 is 2.15. The standard InChI is InChI=1S/C31H29Br2N/c1-30(2)20-31(3,4)28-19-21(9-18-27(28)30)26-7-5-6-8-29(26)34(24-14-10-22(32)11-15-24)25-16-12-23(33)13-17-25/h5-19H,20H2,1-4H3. The number of anilines is 3. The molecule has 0 N–H and O–H groups in total. The van der Waals surface area contributed by atoms with Crippen molar-refractivity contribution in [3.63, 3.8) is 0 Å². The third-order valence-corrected chi connectivity index (χ3v) is 8.04. The molecule has 4 aromatic carbocycles. The number of nitrogens with zero attached hydrogens (tertiary/aromatic N) is 1. The van der Waals surface area contributed by atoms with E-state index in [0.717, 1.165) is 20.3 Å². The molecule has 172 valence electrons. The summed E-state index contributed by atoms with van der Waals surface area (Å²) in [7, 11) is 0. The molecular weight excluding hydrogens is 546 g/mol. The highest BCUT2D eigenvalue weighted by molar-refractivity contribution is 9.10. The van der Waals surface area contributed by atoms with E-state index in [1.54, 1.807) is 0 Å². The quantitative estimate of drug-likeness (QED) is 0.234. The molecule has 1 aliphatic carbocycles. The molecule has 0 saturated carbocycles. The number of benzene rings is 4. The molecule has 0 radical (unpaired) electrons. The Morgan fingerprint density at radius 1 is 0.618 bits per heavy atom. The minimum absolute atomic E-state index is 0.168. The maximum absolute atomic E-state index is 3.59. The van der Waals surface area contributed by atoms with Crippen LogP contribution in [0.5, 0.6) is 0 Å². The van der Waals surface area contributed by atoms with E-state index in [1.165, 1.54) is 34.4 Å². The van der Waals surface area contributed by atoms with Crippen LogP contribution in [-0.4, -0.2) is 0 Å². The van der Waals surface area contributed by atoms with Gasteiger partial charge >= 0.3 is 0 Å². The average Bonchev–Trinajstić information content (AvgIpc) is 3.00. The fraction of sp³-hybridized carbons (Fsp3) is 0.226. The van der Waals surface area contributed by atoms with Crippen molar-refractivity contribution in [3.05, 3.63) is 111 Å². The molecule has 1 nitrogen and oxygen atoms in total. The van der Waals surface area contributed by atoms with E-state index in [-0.39, 0.29) is 10.8 Å². The minimum Gasteiger partial charge on any atom is -0.310 e. The normalized spacial score (nSPS) is 15.7. The van der Waals surface area contributed by atoms with Gasteiger partial charge in [0.2, 0.25) is 0 Å². The van der Waals surface area contributed by atoms with Crippen molar-refractivity contribution >= 4 is 48.9 Å². The lowest BCUT2D eigenvalue weighted by atomic mass is 9.82. The van der Waals surface area contributed by atoms with Crippen molar-refractivity contribution in [2.45, 2.75) is 44.9 Å². The minimum atomic E-state index is 0.168. The van der Waals surface area contributed by atoms with E-state index in [4.69, 9.17) is 0 Å². The van der Waals surface area contributed by atoms with Crippen LogP contribution in [0.3, 0.4) is 0 Å². The van der Waals surface area contributed by atoms with Crippen LogP contribution in [0.15, 0.2) is 99.9 Å². The molecule has 0 amide bonds. The number of fused-ring (bicyclic) bond motifs is 1. The molecule has 4 aromatic rings. The van der Waals surface area contributed by atoms with Gasteiger partial charge < -0.3 is 4.90 Å². The second kappa shape index (κ2) is 8.70. The summed E-state index contributed by atoms with van der Waals surface area (Å²) in [5.41, 5.74) is 9.25. The van der Waals surface area contributed by atoms with E-state index < -0.39 is 0 Å². The van der Waals surface area contributed by atoms with Gasteiger partial charge in [-0.25, -0.2) is 0 Å². The summed E-state index contributed by atoms with van der Waals surface area (Å²) in [4.78, 5) is 2.34. The van der Waals surface area contributed by atoms with Gasteiger partial charge in [0.1, 0.15) is 0 Å². The summed E-state index contributed by atoms with van der Waals surface area (Å²) in [5, 5.41) is 0. The molecule has 1 aliphatic rings. The van der Waals surface area contributed by atoms with E-state index in [1.807, 2.05) is 0 Å². The zero-order chi connectivity index (χ0) is 24.1. The Balaban J connectivity index is 1.70. The molecule has 0 saturated heterocycles. The lowest BCUT2D eigenvalue weighted by Gasteiger charge is -2.28. The van der Waals surface area contributed by atoms with Crippen LogP contribution in [0.25, 0.3) is 11.1 Å². The molecule has 0 unspecified atom stereocenters. The summed E-state index contributed by atoms with van der Waals surface area (Å²) in [6.07, 6.45) is 1.17. The average molecular weight is 575 g/mol. The molecule has 0 bridgehead atoms. The Morgan fingerprint density at radius 3 is 1.74 bits per heavy atom. The Kier molecular flexibility index (Phi) is 5.98. The molecule has 0 atom stereocenters. The van der Waals surface area contributed by atoms with Crippen LogP contribution in [0, 0.1) is 0 Å². The Morgan fingerprint density at radius 2 is 1.15 bits per heavy atom. The maximum Gasteiger partial charge on any atom is 0.0540 e. The first kappa shape index (κ1) is 23.4. The molecule has 5 rings (SSSR count). The molecule has 0 fully saturated rings. The Bertz CT molecular complexity index is 1290.